The Morgan fingerprint density at radius 2 is 1.00 bits per heavy atom. The van der Waals surface area contributed by atoms with E-state index in [1.165, 1.54) is 122 Å². The van der Waals surface area contributed by atoms with Crippen molar-refractivity contribution in [2.75, 3.05) is 6.61 Å². The number of carbonyl (C=O) groups excluding carboxylic acids is 1. The van der Waals surface area contributed by atoms with E-state index >= 15 is 0 Å². The van der Waals surface area contributed by atoms with E-state index in [0.717, 1.165) is 44.9 Å². The van der Waals surface area contributed by atoms with Gasteiger partial charge in [0.05, 0.1) is 31.3 Å². The Balaban J connectivity index is 2.53. The number of aliphatic hydroxyl groups is 7. The van der Waals surface area contributed by atoms with Gasteiger partial charge >= 0.3 is 7.82 Å². The number of allylic oxidation sites excluding steroid dienone is 3. The summed E-state index contributed by atoms with van der Waals surface area (Å²) in [5, 5.41) is 74.3. The van der Waals surface area contributed by atoms with Gasteiger partial charge in [0.1, 0.15) is 36.6 Å². The Morgan fingerprint density at radius 1 is 0.593 bits per heavy atom. The first-order valence-electron chi connectivity index (χ1n) is 23.4. The van der Waals surface area contributed by atoms with Gasteiger partial charge in [-0.15, -0.1) is 0 Å². The van der Waals surface area contributed by atoms with Crippen molar-refractivity contribution in [3.63, 3.8) is 0 Å². The van der Waals surface area contributed by atoms with Gasteiger partial charge < -0.3 is 46.0 Å². The molecule has 1 aliphatic carbocycles. The van der Waals surface area contributed by atoms with E-state index in [2.05, 4.69) is 31.3 Å². The predicted molar refractivity (Wildman–Crippen MR) is 234 cm³/mol. The molecule has 59 heavy (non-hydrogen) atoms. The summed E-state index contributed by atoms with van der Waals surface area (Å²) in [5.74, 6) is -0.602. The van der Waals surface area contributed by atoms with Crippen LogP contribution in [0.2, 0.25) is 0 Å². The quantitative estimate of drug-likeness (QED) is 0.0166. The van der Waals surface area contributed by atoms with Crippen LogP contribution >= 0.6 is 7.82 Å². The molecule has 1 rings (SSSR count). The number of unbranched alkanes of at least 4 members (excludes halogenated alkanes) is 23. The van der Waals surface area contributed by atoms with Gasteiger partial charge in [-0.3, -0.25) is 13.8 Å². The van der Waals surface area contributed by atoms with Crippen LogP contribution in [0.15, 0.2) is 24.3 Å². The maximum atomic E-state index is 13.0. The van der Waals surface area contributed by atoms with E-state index in [-0.39, 0.29) is 6.42 Å². The van der Waals surface area contributed by atoms with E-state index < -0.39 is 75.2 Å². The van der Waals surface area contributed by atoms with Crippen LogP contribution in [0.3, 0.4) is 0 Å². The van der Waals surface area contributed by atoms with Crippen molar-refractivity contribution in [3.8, 4) is 0 Å². The number of amides is 1. The van der Waals surface area contributed by atoms with E-state index in [9.17, 15) is 50.0 Å². The Morgan fingerprint density at radius 3 is 1.49 bits per heavy atom. The third-order valence-electron chi connectivity index (χ3n) is 11.3. The van der Waals surface area contributed by atoms with Crippen molar-refractivity contribution < 1.29 is 59.0 Å². The Bertz CT molecular complexity index is 1110. The number of hydrogen-bond donors (Lipinski definition) is 9. The lowest BCUT2D eigenvalue weighted by Gasteiger charge is -2.41. The lowest BCUT2D eigenvalue weighted by atomic mass is 9.85. The molecular weight excluding hydrogens is 777 g/mol. The molecular formula is C45H86NO12P. The van der Waals surface area contributed by atoms with Crippen LogP contribution in [0.25, 0.3) is 0 Å². The molecule has 8 unspecified atom stereocenters. The van der Waals surface area contributed by atoms with Gasteiger partial charge in [0, 0.05) is 0 Å². The maximum Gasteiger partial charge on any atom is 0.472 e. The first-order chi connectivity index (χ1) is 28.3. The van der Waals surface area contributed by atoms with Crippen molar-refractivity contribution in [1.29, 1.82) is 0 Å². The first kappa shape index (κ1) is 55.8. The zero-order chi connectivity index (χ0) is 43.7. The number of phosphoric acid groups is 1. The predicted octanol–water partition coefficient (Wildman–Crippen LogP) is 7.59. The normalized spacial score (nSPS) is 23.8. The third-order valence-corrected chi connectivity index (χ3v) is 12.3. The molecule has 0 aromatic heterocycles. The van der Waals surface area contributed by atoms with Gasteiger partial charge in [0.15, 0.2) is 0 Å². The fraction of sp³-hybridized carbons (Fsp3) is 0.889. The smallest absolute Gasteiger partial charge is 0.393 e. The molecule has 0 spiro atoms. The zero-order valence-corrected chi connectivity index (χ0v) is 37.6. The first-order valence-corrected chi connectivity index (χ1v) is 24.9. The maximum absolute atomic E-state index is 13.0. The summed E-state index contributed by atoms with van der Waals surface area (Å²) in [4.78, 5) is 23.4. The van der Waals surface area contributed by atoms with Gasteiger partial charge in [-0.1, -0.05) is 179 Å². The minimum absolute atomic E-state index is 0.249. The Hall–Kier alpha value is -1.22. The second-order valence-corrected chi connectivity index (χ2v) is 18.2. The highest BCUT2D eigenvalue weighted by Crippen LogP contribution is 2.47. The summed E-state index contributed by atoms with van der Waals surface area (Å²) in [7, 11) is -5.14. The average Bonchev–Trinajstić information content (AvgIpc) is 3.21. The Kier molecular flexibility index (Phi) is 33.3. The molecule has 14 heteroatoms. The Labute approximate surface area is 356 Å². The van der Waals surface area contributed by atoms with Crippen LogP contribution in [-0.4, -0.2) is 108 Å². The molecule has 0 bridgehead atoms. The molecule has 1 saturated carbocycles. The highest BCUT2D eigenvalue weighted by atomic mass is 31.2. The standard InChI is InChI=1S/C45H86NO12P/c1-3-5-7-9-11-13-15-17-18-19-20-21-22-24-26-28-30-32-36(47)34-39(49)46-37(38(48)33-31-29-27-25-23-16-14-12-10-8-6-4-2)35-57-59(55,56)58-45-43(53)41(51)40(50)42(52)44(45)54/h23,25,31,33,36-38,40-45,47-48,50-54H,3-22,24,26-30,32,34-35H2,1-2H3,(H,46,49)(H,55,56)/b25-23+,33-31+. The van der Waals surface area contributed by atoms with Gasteiger partial charge in [-0.2, -0.15) is 0 Å². The summed E-state index contributed by atoms with van der Waals surface area (Å²) in [6.07, 6.45) is 24.2. The van der Waals surface area contributed by atoms with Crippen molar-refractivity contribution in [2.24, 2.45) is 0 Å². The van der Waals surface area contributed by atoms with Crippen LogP contribution in [-0.2, 0) is 18.4 Å². The second kappa shape index (κ2) is 35.3. The fourth-order valence-electron chi connectivity index (χ4n) is 7.43. The SMILES string of the molecule is CCCCCCCC/C=C/CC/C=C/C(O)C(COP(=O)(O)OC1C(O)C(O)C(O)C(O)C1O)NC(=O)CC(O)CCCCCCCCCCCCCCCCCCC. The van der Waals surface area contributed by atoms with Crippen LogP contribution in [0, 0.1) is 0 Å². The summed E-state index contributed by atoms with van der Waals surface area (Å²) in [5.41, 5.74) is 0. The number of rotatable bonds is 38. The monoisotopic (exact) mass is 864 g/mol. The van der Waals surface area contributed by atoms with Crippen LogP contribution in [0.5, 0.6) is 0 Å². The molecule has 0 saturated heterocycles. The van der Waals surface area contributed by atoms with Crippen molar-refractivity contribution >= 4 is 13.7 Å². The number of hydrogen-bond acceptors (Lipinski definition) is 11. The summed E-state index contributed by atoms with van der Waals surface area (Å²) < 4.78 is 22.8. The molecule has 1 amide bonds. The molecule has 0 aromatic carbocycles. The lowest BCUT2D eigenvalue weighted by molar-refractivity contribution is -0.220. The lowest BCUT2D eigenvalue weighted by Crippen LogP contribution is -2.64. The number of carbonyl (C=O) groups is 1. The molecule has 9 N–H and O–H groups in total. The number of aliphatic hydroxyl groups excluding tert-OH is 7. The van der Waals surface area contributed by atoms with Gasteiger partial charge in [-0.25, -0.2) is 4.57 Å². The fourth-order valence-corrected chi connectivity index (χ4v) is 8.40. The van der Waals surface area contributed by atoms with Crippen molar-refractivity contribution in [3.05, 3.63) is 24.3 Å². The van der Waals surface area contributed by atoms with Crippen molar-refractivity contribution in [1.82, 2.24) is 5.32 Å². The van der Waals surface area contributed by atoms with Crippen LogP contribution in [0.1, 0.15) is 194 Å². The van der Waals surface area contributed by atoms with Crippen molar-refractivity contribution in [2.45, 2.75) is 249 Å². The average molecular weight is 864 g/mol. The molecule has 348 valence electrons. The number of phosphoric ester groups is 1. The molecule has 8 atom stereocenters. The van der Waals surface area contributed by atoms with E-state index in [1.54, 1.807) is 6.08 Å². The molecule has 1 fully saturated rings. The zero-order valence-electron chi connectivity index (χ0n) is 36.7. The molecule has 0 radical (unpaired) electrons. The third kappa shape index (κ3) is 27.5. The van der Waals surface area contributed by atoms with Gasteiger partial charge in [-0.05, 0) is 32.1 Å². The van der Waals surface area contributed by atoms with E-state index in [1.807, 2.05) is 0 Å². The highest BCUT2D eigenvalue weighted by Gasteiger charge is 2.51. The van der Waals surface area contributed by atoms with E-state index in [0.29, 0.717) is 12.8 Å². The van der Waals surface area contributed by atoms with Crippen LogP contribution < -0.4 is 5.32 Å². The van der Waals surface area contributed by atoms with Crippen LogP contribution in [0.4, 0.5) is 0 Å². The molecule has 0 aromatic rings. The minimum atomic E-state index is -5.14. The topological polar surface area (TPSA) is 226 Å². The summed E-state index contributed by atoms with van der Waals surface area (Å²) >= 11 is 0. The second-order valence-electron chi connectivity index (χ2n) is 16.8. The number of nitrogens with one attached hydrogen (secondary N) is 1. The van der Waals surface area contributed by atoms with E-state index in [4.69, 9.17) is 9.05 Å². The molecule has 1 aliphatic rings. The van der Waals surface area contributed by atoms with Gasteiger partial charge in [0.25, 0.3) is 0 Å². The summed E-state index contributed by atoms with van der Waals surface area (Å²) in [6.45, 7) is 3.71. The molecule has 0 aliphatic heterocycles. The summed E-state index contributed by atoms with van der Waals surface area (Å²) in [6, 6.07) is -1.25. The highest BCUT2D eigenvalue weighted by molar-refractivity contribution is 7.47. The molecule has 0 heterocycles. The largest absolute Gasteiger partial charge is 0.472 e. The molecule has 13 nitrogen and oxygen atoms in total. The minimum Gasteiger partial charge on any atom is -0.393 e. The van der Waals surface area contributed by atoms with Gasteiger partial charge in [0.2, 0.25) is 5.91 Å².